The van der Waals surface area contributed by atoms with E-state index in [9.17, 15) is 4.79 Å². The highest BCUT2D eigenvalue weighted by molar-refractivity contribution is 5.74. The molecule has 2 N–H and O–H groups in total. The molecule has 2 aromatic carbocycles. The molecule has 3 heteroatoms. The lowest BCUT2D eigenvalue weighted by Crippen LogP contribution is -2.17. The summed E-state index contributed by atoms with van der Waals surface area (Å²) in [7, 11) is 0. The molecule has 0 aliphatic carbocycles. The molecule has 2 aromatic rings. The van der Waals surface area contributed by atoms with Gasteiger partial charge < -0.3 is 0 Å². The van der Waals surface area contributed by atoms with Gasteiger partial charge in [0.25, 0.3) is 0 Å². The molecule has 0 spiro atoms. The summed E-state index contributed by atoms with van der Waals surface area (Å²) in [5, 5.41) is 8.40. The maximum Gasteiger partial charge on any atom is 0.243 e. The second-order valence-electron chi connectivity index (χ2n) is 5.66. The van der Waals surface area contributed by atoms with Crippen LogP contribution in [0.25, 0.3) is 11.1 Å². The van der Waals surface area contributed by atoms with Crippen molar-refractivity contribution >= 4 is 5.91 Å². The lowest BCUT2D eigenvalue weighted by atomic mass is 10.0. The van der Waals surface area contributed by atoms with Gasteiger partial charge >= 0.3 is 0 Å². The normalized spacial score (nSPS) is 10.5. The van der Waals surface area contributed by atoms with E-state index in [0.717, 1.165) is 25.7 Å². The average molecular weight is 297 g/mol. The smallest absolute Gasteiger partial charge is 0.243 e. The highest BCUT2D eigenvalue weighted by atomic mass is 16.5. The van der Waals surface area contributed by atoms with Crippen LogP contribution >= 0.6 is 0 Å². The zero-order valence-corrected chi connectivity index (χ0v) is 13.0. The van der Waals surface area contributed by atoms with Crippen molar-refractivity contribution in [1.82, 2.24) is 5.48 Å². The molecule has 0 aliphatic heterocycles. The predicted octanol–water partition coefficient (Wildman–Crippen LogP) is 4.27. The van der Waals surface area contributed by atoms with E-state index in [1.165, 1.54) is 22.3 Å². The van der Waals surface area contributed by atoms with Crippen molar-refractivity contribution in [1.29, 1.82) is 0 Å². The predicted molar refractivity (Wildman–Crippen MR) is 88.7 cm³/mol. The maximum atomic E-state index is 10.9. The van der Waals surface area contributed by atoms with Crippen molar-refractivity contribution in [2.75, 3.05) is 0 Å². The fourth-order valence-corrected chi connectivity index (χ4v) is 2.46. The molecule has 0 aliphatic rings. The summed E-state index contributed by atoms with van der Waals surface area (Å²) in [5.74, 6) is -0.303. The van der Waals surface area contributed by atoms with E-state index >= 15 is 0 Å². The third-order valence-corrected chi connectivity index (χ3v) is 3.83. The molecule has 1 amide bonds. The number of aryl methyl sites for hydroxylation is 2. The van der Waals surface area contributed by atoms with E-state index < -0.39 is 0 Å². The van der Waals surface area contributed by atoms with Crippen LogP contribution in [0.15, 0.2) is 48.5 Å². The number of hydroxylamine groups is 1. The molecule has 0 unspecified atom stereocenters. The van der Waals surface area contributed by atoms with Crippen molar-refractivity contribution in [3.05, 3.63) is 59.7 Å². The number of amides is 1. The molecule has 0 heterocycles. The van der Waals surface area contributed by atoms with Crippen LogP contribution in [0.5, 0.6) is 0 Å². The quantitative estimate of drug-likeness (QED) is 0.455. The Kier molecular flexibility index (Phi) is 6.16. The topological polar surface area (TPSA) is 49.3 Å². The SMILES string of the molecule is Cc1ccc(-c2ccc(CCCCCC(=O)NO)cc2)cc1. The molecule has 0 aromatic heterocycles. The standard InChI is InChI=1S/C19H23NO2/c1-15-7-11-17(12-8-15)18-13-9-16(10-14-18)5-3-2-4-6-19(21)20-22/h7-14,22H,2-6H2,1H3,(H,20,21). The fourth-order valence-electron chi connectivity index (χ4n) is 2.46. The van der Waals surface area contributed by atoms with Crippen LogP contribution in [0.1, 0.15) is 36.8 Å². The van der Waals surface area contributed by atoms with Gasteiger partial charge in [-0.1, -0.05) is 60.5 Å². The average Bonchev–Trinajstić information content (AvgIpc) is 2.55. The van der Waals surface area contributed by atoms with Crippen LogP contribution in [0.2, 0.25) is 0 Å². The monoisotopic (exact) mass is 297 g/mol. The third-order valence-electron chi connectivity index (χ3n) is 3.83. The molecule has 0 atom stereocenters. The van der Waals surface area contributed by atoms with E-state index in [-0.39, 0.29) is 5.91 Å². The highest BCUT2D eigenvalue weighted by Crippen LogP contribution is 2.21. The first kappa shape index (κ1) is 16.2. The molecular weight excluding hydrogens is 274 g/mol. The second kappa shape index (κ2) is 8.35. The summed E-state index contributed by atoms with van der Waals surface area (Å²) in [6.45, 7) is 2.09. The number of hydrogen-bond donors (Lipinski definition) is 2. The minimum atomic E-state index is -0.303. The van der Waals surface area contributed by atoms with Gasteiger partial charge in [0, 0.05) is 6.42 Å². The van der Waals surface area contributed by atoms with Gasteiger partial charge in [0.15, 0.2) is 0 Å². The summed E-state index contributed by atoms with van der Waals surface area (Å²) < 4.78 is 0. The number of hydrogen-bond acceptors (Lipinski definition) is 2. The number of carbonyl (C=O) groups excluding carboxylic acids is 1. The van der Waals surface area contributed by atoms with Gasteiger partial charge in [-0.25, -0.2) is 5.48 Å². The van der Waals surface area contributed by atoms with Gasteiger partial charge in [-0.15, -0.1) is 0 Å². The third kappa shape index (κ3) is 5.01. The molecule has 0 radical (unpaired) electrons. The van der Waals surface area contributed by atoms with Crippen LogP contribution in [0.4, 0.5) is 0 Å². The Labute approximate surface area is 132 Å². The molecule has 3 nitrogen and oxygen atoms in total. The number of nitrogens with one attached hydrogen (secondary N) is 1. The van der Waals surface area contributed by atoms with E-state index in [0.29, 0.717) is 6.42 Å². The fraction of sp³-hybridized carbons (Fsp3) is 0.316. The molecule has 116 valence electrons. The lowest BCUT2D eigenvalue weighted by molar-refractivity contribution is -0.129. The summed E-state index contributed by atoms with van der Waals surface area (Å²) in [4.78, 5) is 10.9. The van der Waals surface area contributed by atoms with E-state index in [4.69, 9.17) is 5.21 Å². The minimum Gasteiger partial charge on any atom is -0.289 e. The summed E-state index contributed by atoms with van der Waals surface area (Å²) in [5.41, 5.74) is 6.74. The van der Waals surface area contributed by atoms with Crippen molar-refractivity contribution in [3.63, 3.8) is 0 Å². The number of rotatable bonds is 7. The molecule has 0 saturated carbocycles. The highest BCUT2D eigenvalue weighted by Gasteiger charge is 2.00. The van der Waals surface area contributed by atoms with Crippen LogP contribution in [0.3, 0.4) is 0 Å². The Morgan fingerprint density at radius 2 is 1.50 bits per heavy atom. The molecular formula is C19H23NO2. The van der Waals surface area contributed by atoms with Gasteiger partial charge in [0.05, 0.1) is 0 Å². The van der Waals surface area contributed by atoms with Gasteiger partial charge in [-0.3, -0.25) is 10.0 Å². The first-order valence-electron chi connectivity index (χ1n) is 7.78. The van der Waals surface area contributed by atoms with Gasteiger partial charge in [-0.05, 0) is 42.9 Å². The van der Waals surface area contributed by atoms with E-state index in [1.54, 1.807) is 5.48 Å². The van der Waals surface area contributed by atoms with Crippen molar-refractivity contribution in [2.45, 2.75) is 39.0 Å². The molecule has 0 fully saturated rings. The summed E-state index contributed by atoms with van der Waals surface area (Å²) >= 11 is 0. The number of unbranched alkanes of at least 4 members (excludes halogenated alkanes) is 2. The first-order chi connectivity index (χ1) is 10.7. The zero-order valence-electron chi connectivity index (χ0n) is 13.0. The lowest BCUT2D eigenvalue weighted by Gasteiger charge is -2.05. The number of carbonyl (C=O) groups is 1. The molecule has 2 rings (SSSR count). The largest absolute Gasteiger partial charge is 0.289 e. The van der Waals surface area contributed by atoms with Crippen LogP contribution in [0, 0.1) is 6.92 Å². The maximum absolute atomic E-state index is 10.9. The van der Waals surface area contributed by atoms with Gasteiger partial charge in [-0.2, -0.15) is 0 Å². The number of benzene rings is 2. The Bertz CT molecular complexity index is 588. The zero-order chi connectivity index (χ0) is 15.8. The molecule has 22 heavy (non-hydrogen) atoms. The van der Waals surface area contributed by atoms with Crippen molar-refractivity contribution < 1.29 is 10.0 Å². The summed E-state index contributed by atoms with van der Waals surface area (Å²) in [6.07, 6.45) is 4.28. The first-order valence-corrected chi connectivity index (χ1v) is 7.78. The van der Waals surface area contributed by atoms with Crippen molar-refractivity contribution in [3.8, 4) is 11.1 Å². The Morgan fingerprint density at radius 3 is 2.09 bits per heavy atom. The molecule has 0 saturated heterocycles. The summed E-state index contributed by atoms with van der Waals surface area (Å²) in [6, 6.07) is 17.2. The molecule has 0 bridgehead atoms. The second-order valence-corrected chi connectivity index (χ2v) is 5.66. The van der Waals surface area contributed by atoms with Gasteiger partial charge in [0.1, 0.15) is 0 Å². The van der Waals surface area contributed by atoms with Crippen LogP contribution in [-0.4, -0.2) is 11.1 Å². The Morgan fingerprint density at radius 1 is 0.909 bits per heavy atom. The Balaban J connectivity index is 1.79. The van der Waals surface area contributed by atoms with E-state index in [1.807, 2.05) is 0 Å². The van der Waals surface area contributed by atoms with Crippen LogP contribution in [-0.2, 0) is 11.2 Å². The van der Waals surface area contributed by atoms with Crippen molar-refractivity contribution in [2.24, 2.45) is 0 Å². The minimum absolute atomic E-state index is 0.303. The van der Waals surface area contributed by atoms with Crippen LogP contribution < -0.4 is 5.48 Å². The van der Waals surface area contributed by atoms with E-state index in [2.05, 4.69) is 55.5 Å². The van der Waals surface area contributed by atoms with Gasteiger partial charge in [0.2, 0.25) is 5.91 Å². The Hall–Kier alpha value is -2.13.